The monoisotopic (exact) mass is 339 g/mol. The fourth-order valence-corrected chi connectivity index (χ4v) is 3.16. The highest BCUT2D eigenvalue weighted by Crippen LogP contribution is 2.32. The molecule has 0 radical (unpaired) electrons. The van der Waals surface area contributed by atoms with Gasteiger partial charge in [-0.3, -0.25) is 9.59 Å². The van der Waals surface area contributed by atoms with E-state index < -0.39 is 5.41 Å². The van der Waals surface area contributed by atoms with E-state index in [0.29, 0.717) is 6.54 Å². The first-order valence-electron chi connectivity index (χ1n) is 8.65. The second-order valence-corrected chi connectivity index (χ2v) is 7.46. The van der Waals surface area contributed by atoms with Crippen LogP contribution in [0.3, 0.4) is 0 Å². The normalized spacial score (nSPS) is 17.1. The quantitative estimate of drug-likeness (QED) is 0.934. The number of aromatic nitrogens is 1. The molecule has 1 aliphatic heterocycles. The van der Waals surface area contributed by atoms with Crippen molar-refractivity contribution in [1.82, 2.24) is 14.8 Å². The zero-order valence-corrected chi connectivity index (χ0v) is 15.0. The number of hydrogen-bond acceptors (Lipinski definition) is 2. The molecule has 1 aromatic carbocycles. The molecule has 1 unspecified atom stereocenters. The Morgan fingerprint density at radius 1 is 1.08 bits per heavy atom. The molecular weight excluding hydrogens is 314 g/mol. The van der Waals surface area contributed by atoms with E-state index in [1.165, 1.54) is 0 Å². The van der Waals surface area contributed by atoms with Gasteiger partial charge < -0.3 is 14.8 Å². The van der Waals surface area contributed by atoms with E-state index in [1.807, 2.05) is 62.1 Å². The van der Waals surface area contributed by atoms with E-state index in [1.54, 1.807) is 0 Å². The lowest BCUT2D eigenvalue weighted by atomic mass is 9.95. The number of carbonyl (C=O) groups excluding carboxylic acids is 2. The minimum atomic E-state index is -0.504. The van der Waals surface area contributed by atoms with Gasteiger partial charge in [0.05, 0.1) is 12.6 Å². The van der Waals surface area contributed by atoms with Crippen molar-refractivity contribution < 1.29 is 9.59 Å². The van der Waals surface area contributed by atoms with Gasteiger partial charge in [0, 0.05) is 30.4 Å². The molecule has 25 heavy (non-hydrogen) atoms. The van der Waals surface area contributed by atoms with Crippen LogP contribution < -0.4 is 5.32 Å². The summed E-state index contributed by atoms with van der Waals surface area (Å²) in [5, 5.41) is 2.77. The third-order valence-corrected chi connectivity index (χ3v) is 4.56. The topological polar surface area (TPSA) is 54.3 Å². The molecule has 2 amide bonds. The Labute approximate surface area is 148 Å². The molecule has 5 nitrogen and oxygen atoms in total. The molecule has 2 heterocycles. The SMILES string of the molecule is CC(C)(C)C(=O)NCC(=O)N1CCn2cccc2C1c1ccccc1. The summed E-state index contributed by atoms with van der Waals surface area (Å²) in [4.78, 5) is 26.8. The van der Waals surface area contributed by atoms with E-state index in [4.69, 9.17) is 0 Å². The zero-order chi connectivity index (χ0) is 18.0. The lowest BCUT2D eigenvalue weighted by Gasteiger charge is -2.37. The Morgan fingerprint density at radius 2 is 1.80 bits per heavy atom. The standard InChI is InChI=1S/C20H25N3O2/c1-20(2,3)19(25)21-14-17(24)23-13-12-22-11-7-10-16(22)18(23)15-8-5-4-6-9-15/h4-11,18H,12-14H2,1-3H3,(H,21,25). The van der Waals surface area contributed by atoms with Crippen molar-refractivity contribution in [2.45, 2.75) is 33.4 Å². The molecule has 0 fully saturated rings. The Morgan fingerprint density at radius 3 is 2.48 bits per heavy atom. The average Bonchev–Trinajstić information content (AvgIpc) is 3.07. The van der Waals surface area contributed by atoms with Crippen LogP contribution in [0.15, 0.2) is 48.7 Å². The van der Waals surface area contributed by atoms with Crippen LogP contribution in [0.5, 0.6) is 0 Å². The molecule has 1 aromatic heterocycles. The first kappa shape index (κ1) is 17.3. The number of nitrogens with one attached hydrogen (secondary N) is 1. The predicted octanol–water partition coefficient (Wildman–Crippen LogP) is 2.58. The number of benzene rings is 1. The molecule has 0 aliphatic carbocycles. The molecule has 2 aromatic rings. The average molecular weight is 339 g/mol. The highest BCUT2D eigenvalue weighted by Gasteiger charge is 2.32. The van der Waals surface area contributed by atoms with Crippen LogP contribution >= 0.6 is 0 Å². The van der Waals surface area contributed by atoms with Gasteiger partial charge in [-0.05, 0) is 17.7 Å². The van der Waals surface area contributed by atoms with Gasteiger partial charge >= 0.3 is 0 Å². The largest absolute Gasteiger partial charge is 0.348 e. The first-order chi connectivity index (χ1) is 11.9. The van der Waals surface area contributed by atoms with Crippen LogP contribution in [0.2, 0.25) is 0 Å². The van der Waals surface area contributed by atoms with Gasteiger partial charge in [0.1, 0.15) is 0 Å². The molecule has 5 heteroatoms. The van der Waals surface area contributed by atoms with Gasteiger partial charge in [-0.25, -0.2) is 0 Å². The number of hydrogen-bond donors (Lipinski definition) is 1. The Hall–Kier alpha value is -2.56. The van der Waals surface area contributed by atoms with Gasteiger partial charge in [-0.15, -0.1) is 0 Å². The summed E-state index contributed by atoms with van der Waals surface area (Å²) in [6.45, 7) is 6.95. The molecule has 0 saturated heterocycles. The summed E-state index contributed by atoms with van der Waals surface area (Å²) in [5.41, 5.74) is 1.68. The Bertz CT molecular complexity index is 759. The third-order valence-electron chi connectivity index (χ3n) is 4.56. The summed E-state index contributed by atoms with van der Waals surface area (Å²) in [6.07, 6.45) is 2.05. The molecule has 132 valence electrons. The Balaban J connectivity index is 1.82. The summed E-state index contributed by atoms with van der Waals surface area (Å²) in [7, 11) is 0. The first-order valence-corrected chi connectivity index (χ1v) is 8.65. The van der Waals surface area contributed by atoms with Crippen LogP contribution in [0.4, 0.5) is 0 Å². The van der Waals surface area contributed by atoms with Crippen molar-refractivity contribution in [2.24, 2.45) is 5.41 Å². The Kier molecular flexibility index (Phi) is 4.66. The predicted molar refractivity (Wildman–Crippen MR) is 96.9 cm³/mol. The molecule has 0 saturated carbocycles. The van der Waals surface area contributed by atoms with Crippen molar-refractivity contribution >= 4 is 11.8 Å². The molecule has 1 N–H and O–H groups in total. The second kappa shape index (κ2) is 6.75. The van der Waals surface area contributed by atoms with Gasteiger partial charge in [0.25, 0.3) is 0 Å². The molecule has 1 aliphatic rings. The fourth-order valence-electron chi connectivity index (χ4n) is 3.16. The van der Waals surface area contributed by atoms with Crippen molar-refractivity contribution in [3.8, 4) is 0 Å². The van der Waals surface area contributed by atoms with Crippen molar-refractivity contribution in [2.75, 3.05) is 13.1 Å². The summed E-state index contributed by atoms with van der Waals surface area (Å²) >= 11 is 0. The number of carbonyl (C=O) groups is 2. The smallest absolute Gasteiger partial charge is 0.242 e. The van der Waals surface area contributed by atoms with Gasteiger partial charge in [-0.1, -0.05) is 51.1 Å². The summed E-state index contributed by atoms with van der Waals surface area (Å²) < 4.78 is 2.19. The highest BCUT2D eigenvalue weighted by molar-refractivity contribution is 5.87. The van der Waals surface area contributed by atoms with Crippen LogP contribution in [-0.4, -0.2) is 34.4 Å². The minimum Gasteiger partial charge on any atom is -0.348 e. The van der Waals surface area contributed by atoms with Crippen LogP contribution in [0, 0.1) is 5.41 Å². The van der Waals surface area contributed by atoms with E-state index in [-0.39, 0.29) is 24.4 Å². The maximum Gasteiger partial charge on any atom is 0.242 e. The second-order valence-electron chi connectivity index (χ2n) is 7.46. The maximum atomic E-state index is 12.8. The van der Waals surface area contributed by atoms with Gasteiger partial charge in [0.15, 0.2) is 0 Å². The number of rotatable bonds is 3. The number of amides is 2. The molecule has 1 atom stereocenters. The van der Waals surface area contributed by atoms with Crippen LogP contribution in [0.1, 0.15) is 38.1 Å². The molecular formula is C20H25N3O2. The summed E-state index contributed by atoms with van der Waals surface area (Å²) in [6, 6.07) is 14.0. The molecule has 0 bridgehead atoms. The lowest BCUT2D eigenvalue weighted by Crippen LogP contribution is -2.48. The number of nitrogens with zero attached hydrogens (tertiary/aromatic N) is 2. The summed E-state index contributed by atoms with van der Waals surface area (Å²) in [5.74, 6) is -0.170. The molecule has 3 rings (SSSR count). The van der Waals surface area contributed by atoms with Crippen molar-refractivity contribution in [3.05, 3.63) is 59.9 Å². The van der Waals surface area contributed by atoms with E-state index in [0.717, 1.165) is 17.8 Å². The van der Waals surface area contributed by atoms with E-state index in [2.05, 4.69) is 22.1 Å². The number of fused-ring (bicyclic) bond motifs is 1. The van der Waals surface area contributed by atoms with Crippen molar-refractivity contribution in [1.29, 1.82) is 0 Å². The zero-order valence-electron chi connectivity index (χ0n) is 15.0. The minimum absolute atomic E-state index is 0.0279. The third kappa shape index (κ3) is 3.60. The van der Waals surface area contributed by atoms with Crippen LogP contribution in [-0.2, 0) is 16.1 Å². The van der Waals surface area contributed by atoms with Gasteiger partial charge in [0.2, 0.25) is 11.8 Å². The van der Waals surface area contributed by atoms with Crippen LogP contribution in [0.25, 0.3) is 0 Å². The maximum absolute atomic E-state index is 12.8. The highest BCUT2D eigenvalue weighted by atomic mass is 16.2. The van der Waals surface area contributed by atoms with Crippen molar-refractivity contribution in [3.63, 3.8) is 0 Å². The fraction of sp³-hybridized carbons (Fsp3) is 0.400. The van der Waals surface area contributed by atoms with Gasteiger partial charge in [-0.2, -0.15) is 0 Å². The van der Waals surface area contributed by atoms with E-state index >= 15 is 0 Å². The lowest BCUT2D eigenvalue weighted by molar-refractivity contribution is -0.137. The molecule has 0 spiro atoms. The van der Waals surface area contributed by atoms with E-state index in [9.17, 15) is 9.59 Å².